The number of ether oxygens (including phenoxy) is 1. The second-order valence-corrected chi connectivity index (χ2v) is 7.26. The minimum atomic E-state index is -0.213. The highest BCUT2D eigenvalue weighted by atomic mass is 32.1. The summed E-state index contributed by atoms with van der Waals surface area (Å²) in [5.74, 6) is 0.0888. The van der Waals surface area contributed by atoms with Crippen LogP contribution < -0.4 is 10.2 Å². The van der Waals surface area contributed by atoms with Gasteiger partial charge in [0.1, 0.15) is 5.01 Å². The molecule has 1 aromatic heterocycles. The highest BCUT2D eigenvalue weighted by Crippen LogP contribution is 2.33. The van der Waals surface area contributed by atoms with Gasteiger partial charge in [-0.1, -0.05) is 41.7 Å². The van der Waals surface area contributed by atoms with Crippen molar-refractivity contribution in [1.82, 2.24) is 15.5 Å². The van der Waals surface area contributed by atoms with Crippen LogP contribution in [0.15, 0.2) is 30.3 Å². The van der Waals surface area contributed by atoms with E-state index in [9.17, 15) is 4.79 Å². The molecule has 7 heteroatoms. The van der Waals surface area contributed by atoms with E-state index in [0.717, 1.165) is 41.6 Å². The molecule has 1 N–H and O–H groups in total. The summed E-state index contributed by atoms with van der Waals surface area (Å²) in [5.41, 5.74) is 0.889. The van der Waals surface area contributed by atoms with Gasteiger partial charge in [0.15, 0.2) is 0 Å². The Morgan fingerprint density at radius 3 is 2.75 bits per heavy atom. The maximum Gasteiger partial charge on any atom is 0.222 e. The lowest BCUT2D eigenvalue weighted by Crippen LogP contribution is -2.51. The fraction of sp³-hybridized carbons (Fsp3) is 0.471. The molecule has 1 spiro atoms. The first-order valence-corrected chi connectivity index (χ1v) is 9.10. The quantitative estimate of drug-likeness (QED) is 0.903. The van der Waals surface area contributed by atoms with Crippen molar-refractivity contribution < 1.29 is 9.53 Å². The normalized spacial score (nSPS) is 20.7. The topological polar surface area (TPSA) is 67.3 Å². The van der Waals surface area contributed by atoms with E-state index < -0.39 is 0 Å². The Kier molecular flexibility index (Phi) is 4.20. The number of carbonyl (C=O) groups is 1. The van der Waals surface area contributed by atoms with Crippen molar-refractivity contribution in [2.24, 2.45) is 0 Å². The molecule has 2 aliphatic heterocycles. The zero-order chi connectivity index (χ0) is 16.4. The Morgan fingerprint density at radius 1 is 1.17 bits per heavy atom. The van der Waals surface area contributed by atoms with Crippen LogP contribution in [0.4, 0.5) is 5.13 Å². The zero-order valence-electron chi connectivity index (χ0n) is 13.4. The molecule has 1 amide bonds. The Balaban J connectivity index is 1.43. The van der Waals surface area contributed by atoms with Gasteiger partial charge in [-0.15, -0.1) is 10.2 Å². The maximum absolute atomic E-state index is 11.5. The Bertz CT molecular complexity index is 710. The number of hydrogen-bond acceptors (Lipinski definition) is 6. The standard InChI is InChI=1S/C17H20N4O2S/c22-14-6-11-23-17(12-18-14)7-9-21(10-8-17)16-20-19-15(24-16)13-4-2-1-3-5-13/h1-5H,6-12H2,(H,18,22). The highest BCUT2D eigenvalue weighted by Gasteiger charge is 2.38. The number of nitrogens with zero attached hydrogens (tertiary/aromatic N) is 3. The lowest BCUT2D eigenvalue weighted by Gasteiger charge is -2.40. The molecule has 1 aromatic carbocycles. The lowest BCUT2D eigenvalue weighted by atomic mass is 9.91. The second-order valence-electron chi connectivity index (χ2n) is 6.30. The van der Waals surface area contributed by atoms with E-state index >= 15 is 0 Å². The highest BCUT2D eigenvalue weighted by molar-refractivity contribution is 7.18. The SMILES string of the molecule is O=C1CCOC2(CCN(c3nnc(-c4ccccc4)s3)CC2)CN1. The summed E-state index contributed by atoms with van der Waals surface area (Å²) >= 11 is 1.63. The van der Waals surface area contributed by atoms with E-state index in [1.807, 2.05) is 18.2 Å². The number of piperidine rings is 1. The van der Waals surface area contributed by atoms with Crippen LogP contribution >= 0.6 is 11.3 Å². The van der Waals surface area contributed by atoms with Gasteiger partial charge in [-0.3, -0.25) is 4.79 Å². The van der Waals surface area contributed by atoms with Crippen molar-refractivity contribution in [3.05, 3.63) is 30.3 Å². The average molecular weight is 344 g/mol. The number of benzene rings is 1. The molecule has 2 aliphatic rings. The largest absolute Gasteiger partial charge is 0.372 e. The Hall–Kier alpha value is -1.99. The summed E-state index contributed by atoms with van der Waals surface area (Å²) < 4.78 is 6.02. The Morgan fingerprint density at radius 2 is 1.96 bits per heavy atom. The minimum Gasteiger partial charge on any atom is -0.372 e. The van der Waals surface area contributed by atoms with Crippen molar-refractivity contribution in [3.63, 3.8) is 0 Å². The molecule has 0 aliphatic carbocycles. The van der Waals surface area contributed by atoms with Crippen molar-refractivity contribution in [2.45, 2.75) is 24.9 Å². The third kappa shape index (κ3) is 3.14. The molecule has 24 heavy (non-hydrogen) atoms. The molecule has 2 fully saturated rings. The molecule has 0 radical (unpaired) electrons. The molecule has 4 rings (SSSR count). The van der Waals surface area contributed by atoms with Gasteiger partial charge in [0.25, 0.3) is 0 Å². The average Bonchev–Trinajstić information content (AvgIpc) is 3.05. The van der Waals surface area contributed by atoms with E-state index in [4.69, 9.17) is 4.74 Å². The van der Waals surface area contributed by atoms with Gasteiger partial charge in [-0.2, -0.15) is 0 Å². The van der Waals surface area contributed by atoms with Crippen LogP contribution in [-0.2, 0) is 9.53 Å². The molecule has 6 nitrogen and oxygen atoms in total. The van der Waals surface area contributed by atoms with Crippen LogP contribution in [0.1, 0.15) is 19.3 Å². The van der Waals surface area contributed by atoms with Crippen molar-refractivity contribution >= 4 is 22.4 Å². The van der Waals surface area contributed by atoms with Crippen LogP contribution in [0.25, 0.3) is 10.6 Å². The summed E-state index contributed by atoms with van der Waals surface area (Å²) in [6, 6.07) is 10.1. The number of carbonyl (C=O) groups excluding carboxylic acids is 1. The first-order chi connectivity index (χ1) is 11.7. The zero-order valence-corrected chi connectivity index (χ0v) is 14.2. The number of hydrogen-bond donors (Lipinski definition) is 1. The van der Waals surface area contributed by atoms with Gasteiger partial charge in [0, 0.05) is 31.6 Å². The first kappa shape index (κ1) is 15.5. The molecule has 0 atom stereocenters. The van der Waals surface area contributed by atoms with E-state index in [-0.39, 0.29) is 11.5 Å². The number of aromatic nitrogens is 2. The Labute approximate surface area is 144 Å². The molecule has 126 valence electrons. The van der Waals surface area contributed by atoms with Gasteiger partial charge in [0.05, 0.1) is 12.2 Å². The molecule has 0 bridgehead atoms. The van der Waals surface area contributed by atoms with E-state index in [1.54, 1.807) is 11.3 Å². The van der Waals surface area contributed by atoms with Gasteiger partial charge in [-0.05, 0) is 12.8 Å². The molecule has 0 saturated carbocycles. The first-order valence-electron chi connectivity index (χ1n) is 8.29. The van der Waals surface area contributed by atoms with Gasteiger partial charge in [0.2, 0.25) is 11.0 Å². The molecule has 3 heterocycles. The number of rotatable bonds is 2. The predicted octanol–water partition coefficient (Wildman–Crippen LogP) is 2.08. The van der Waals surface area contributed by atoms with Gasteiger partial charge < -0.3 is 15.0 Å². The van der Waals surface area contributed by atoms with Crippen LogP contribution in [0.2, 0.25) is 0 Å². The third-order valence-corrected chi connectivity index (χ3v) is 5.76. The fourth-order valence-corrected chi connectivity index (χ4v) is 4.13. The second kappa shape index (κ2) is 6.49. The summed E-state index contributed by atoms with van der Waals surface area (Å²) in [6.07, 6.45) is 2.25. The summed E-state index contributed by atoms with van der Waals surface area (Å²) in [7, 11) is 0. The molecule has 0 unspecified atom stereocenters. The molecule has 2 saturated heterocycles. The number of nitrogens with one attached hydrogen (secondary N) is 1. The fourth-order valence-electron chi connectivity index (χ4n) is 3.23. The van der Waals surface area contributed by atoms with E-state index in [2.05, 4.69) is 32.5 Å². The van der Waals surface area contributed by atoms with Crippen molar-refractivity contribution in [1.29, 1.82) is 0 Å². The lowest BCUT2D eigenvalue weighted by molar-refractivity contribution is -0.120. The van der Waals surface area contributed by atoms with Crippen molar-refractivity contribution in [3.8, 4) is 10.6 Å². The predicted molar refractivity (Wildman–Crippen MR) is 93.1 cm³/mol. The van der Waals surface area contributed by atoms with Crippen LogP contribution in [0, 0.1) is 0 Å². The van der Waals surface area contributed by atoms with Crippen LogP contribution in [0.3, 0.4) is 0 Å². The summed E-state index contributed by atoms with van der Waals surface area (Å²) in [6.45, 7) is 2.88. The summed E-state index contributed by atoms with van der Waals surface area (Å²) in [4.78, 5) is 13.8. The van der Waals surface area contributed by atoms with Crippen LogP contribution in [-0.4, -0.2) is 47.9 Å². The van der Waals surface area contributed by atoms with Crippen molar-refractivity contribution in [2.75, 3.05) is 31.1 Å². The molecular weight excluding hydrogens is 324 g/mol. The maximum atomic E-state index is 11.5. The van der Waals surface area contributed by atoms with Gasteiger partial charge >= 0.3 is 0 Å². The monoisotopic (exact) mass is 344 g/mol. The smallest absolute Gasteiger partial charge is 0.222 e. The molecular formula is C17H20N4O2S. The van der Waals surface area contributed by atoms with E-state index in [0.29, 0.717) is 19.6 Å². The van der Waals surface area contributed by atoms with Gasteiger partial charge in [-0.25, -0.2) is 0 Å². The van der Waals surface area contributed by atoms with Crippen LogP contribution in [0.5, 0.6) is 0 Å². The minimum absolute atomic E-state index is 0.0888. The van der Waals surface area contributed by atoms with E-state index in [1.165, 1.54) is 0 Å². The number of anilines is 1. The summed E-state index contributed by atoms with van der Waals surface area (Å²) in [5, 5.41) is 13.6. The number of amides is 1. The third-order valence-electron chi connectivity index (χ3n) is 4.73. The molecule has 2 aromatic rings.